The van der Waals surface area contributed by atoms with Crippen molar-refractivity contribution in [2.75, 3.05) is 31.0 Å². The lowest BCUT2D eigenvalue weighted by Crippen LogP contribution is -2.29. The fourth-order valence-electron chi connectivity index (χ4n) is 3.53. The van der Waals surface area contributed by atoms with Crippen LogP contribution in [0.2, 0.25) is 0 Å². The molecule has 0 radical (unpaired) electrons. The molecule has 1 aliphatic heterocycles. The van der Waals surface area contributed by atoms with Gasteiger partial charge in [0.25, 0.3) is 5.91 Å². The number of hydrogen-bond donors (Lipinski definition) is 2. The molecular weight excluding hydrogens is 370 g/mol. The Kier molecular flexibility index (Phi) is 5.62. The molecular formula is C21H25N5O3. The number of aromatic nitrogens is 3. The number of rotatable bonds is 6. The molecule has 0 atom stereocenters. The number of nitrogens with zero attached hydrogens (tertiary/aromatic N) is 3. The molecule has 0 bridgehead atoms. The number of aryl methyl sites for hydroxylation is 1. The molecule has 0 saturated carbocycles. The van der Waals surface area contributed by atoms with Crippen LogP contribution in [0.5, 0.6) is 5.75 Å². The van der Waals surface area contributed by atoms with E-state index < -0.39 is 0 Å². The minimum Gasteiger partial charge on any atom is -0.497 e. The second-order valence-corrected chi connectivity index (χ2v) is 6.96. The lowest BCUT2D eigenvalue weighted by atomic mass is 10.1. The smallest absolute Gasteiger partial charge is 0.259 e. The maximum atomic E-state index is 13.1. The Morgan fingerprint density at radius 2 is 2.14 bits per heavy atom. The summed E-state index contributed by atoms with van der Waals surface area (Å²) in [5.41, 5.74) is 2.68. The highest BCUT2D eigenvalue weighted by molar-refractivity contribution is 6.12. The summed E-state index contributed by atoms with van der Waals surface area (Å²) in [6, 6.07) is 7.52. The van der Waals surface area contributed by atoms with Crippen LogP contribution in [-0.2, 0) is 11.3 Å². The molecule has 2 aromatic heterocycles. The van der Waals surface area contributed by atoms with Gasteiger partial charge in [-0.15, -0.1) is 0 Å². The molecule has 8 heteroatoms. The van der Waals surface area contributed by atoms with Gasteiger partial charge in [0, 0.05) is 43.8 Å². The number of anilines is 2. The third kappa shape index (κ3) is 4.02. The molecule has 1 amide bonds. The van der Waals surface area contributed by atoms with Gasteiger partial charge < -0.3 is 20.1 Å². The first-order chi connectivity index (χ1) is 14.2. The van der Waals surface area contributed by atoms with Gasteiger partial charge in [0.2, 0.25) is 0 Å². The number of ether oxygens (including phenoxy) is 2. The summed E-state index contributed by atoms with van der Waals surface area (Å²) in [6.07, 6.45) is 5.18. The third-order valence-corrected chi connectivity index (χ3v) is 5.11. The van der Waals surface area contributed by atoms with Crippen LogP contribution in [0.3, 0.4) is 0 Å². The molecule has 8 nitrogen and oxygen atoms in total. The Hall–Kier alpha value is -3.13. The van der Waals surface area contributed by atoms with Crippen molar-refractivity contribution < 1.29 is 14.3 Å². The Morgan fingerprint density at radius 1 is 1.31 bits per heavy atom. The fourth-order valence-corrected chi connectivity index (χ4v) is 3.53. The van der Waals surface area contributed by atoms with Gasteiger partial charge in [-0.25, -0.2) is 9.67 Å². The van der Waals surface area contributed by atoms with Gasteiger partial charge in [0.15, 0.2) is 5.65 Å². The second kappa shape index (κ2) is 8.48. The van der Waals surface area contributed by atoms with Gasteiger partial charge in [-0.3, -0.25) is 4.79 Å². The van der Waals surface area contributed by atoms with Crippen LogP contribution in [0.4, 0.5) is 11.4 Å². The van der Waals surface area contributed by atoms with Crippen LogP contribution in [-0.4, -0.2) is 47.0 Å². The van der Waals surface area contributed by atoms with Crippen molar-refractivity contribution in [2.45, 2.75) is 32.4 Å². The van der Waals surface area contributed by atoms with Crippen molar-refractivity contribution >= 4 is 28.3 Å². The van der Waals surface area contributed by atoms with Crippen LogP contribution in [0, 0.1) is 0 Å². The van der Waals surface area contributed by atoms with E-state index in [9.17, 15) is 4.79 Å². The third-order valence-electron chi connectivity index (χ3n) is 5.11. The van der Waals surface area contributed by atoms with E-state index >= 15 is 0 Å². The molecule has 2 N–H and O–H groups in total. The lowest BCUT2D eigenvalue weighted by Gasteiger charge is -2.25. The summed E-state index contributed by atoms with van der Waals surface area (Å²) in [5.74, 6) is 0.451. The Bertz CT molecular complexity index is 1010. The van der Waals surface area contributed by atoms with Gasteiger partial charge in [-0.05, 0) is 31.9 Å². The Labute approximate surface area is 169 Å². The van der Waals surface area contributed by atoms with E-state index in [4.69, 9.17) is 9.47 Å². The molecule has 0 unspecified atom stereocenters. The Morgan fingerprint density at radius 3 is 2.90 bits per heavy atom. The number of carbonyl (C=O) groups excluding carboxylic acids is 1. The highest BCUT2D eigenvalue weighted by Crippen LogP contribution is 2.29. The van der Waals surface area contributed by atoms with Gasteiger partial charge in [-0.1, -0.05) is 6.07 Å². The maximum Gasteiger partial charge on any atom is 0.259 e. The van der Waals surface area contributed by atoms with Gasteiger partial charge in [-0.2, -0.15) is 5.10 Å². The molecule has 152 valence electrons. The van der Waals surface area contributed by atoms with Crippen LogP contribution < -0.4 is 15.4 Å². The molecule has 1 fully saturated rings. The van der Waals surface area contributed by atoms with Gasteiger partial charge >= 0.3 is 0 Å². The quantitative estimate of drug-likeness (QED) is 0.666. The first-order valence-electron chi connectivity index (χ1n) is 9.83. The second-order valence-electron chi connectivity index (χ2n) is 6.96. The van der Waals surface area contributed by atoms with Crippen LogP contribution in [0.15, 0.2) is 36.7 Å². The zero-order valence-corrected chi connectivity index (χ0v) is 16.6. The normalized spacial score (nSPS) is 14.7. The Balaban J connectivity index is 1.69. The highest BCUT2D eigenvalue weighted by atomic mass is 16.5. The van der Waals surface area contributed by atoms with Crippen LogP contribution in [0.25, 0.3) is 11.0 Å². The average Bonchev–Trinajstić information content (AvgIpc) is 3.18. The minimum atomic E-state index is -0.230. The number of benzene rings is 1. The summed E-state index contributed by atoms with van der Waals surface area (Å²) in [4.78, 5) is 17.6. The first-order valence-corrected chi connectivity index (χ1v) is 9.83. The van der Waals surface area contributed by atoms with E-state index in [0.717, 1.165) is 29.6 Å². The summed E-state index contributed by atoms with van der Waals surface area (Å²) in [7, 11) is 1.60. The predicted molar refractivity (Wildman–Crippen MR) is 112 cm³/mol. The average molecular weight is 395 g/mol. The summed E-state index contributed by atoms with van der Waals surface area (Å²) < 4.78 is 12.5. The predicted octanol–water partition coefficient (Wildman–Crippen LogP) is 3.30. The molecule has 4 rings (SSSR count). The molecule has 29 heavy (non-hydrogen) atoms. The largest absolute Gasteiger partial charge is 0.497 e. The van der Waals surface area contributed by atoms with Crippen molar-refractivity contribution in [1.29, 1.82) is 0 Å². The monoisotopic (exact) mass is 395 g/mol. The number of fused-ring (bicyclic) bond motifs is 1. The van der Waals surface area contributed by atoms with E-state index in [2.05, 4.69) is 20.7 Å². The van der Waals surface area contributed by atoms with Crippen molar-refractivity contribution in [3.63, 3.8) is 0 Å². The summed E-state index contributed by atoms with van der Waals surface area (Å²) in [6.45, 7) is 4.16. The molecule has 3 heterocycles. The lowest BCUT2D eigenvalue weighted by molar-refractivity contribution is 0.0904. The standard InChI is InChI=1S/C21H25N5O3/c1-3-26-20-17(13-23-26)19(24-14-7-9-29-10-8-14)18(12-22-20)21(27)25-15-5-4-6-16(11-15)28-2/h4-6,11-14H,3,7-10H2,1-2H3,(H,22,24)(H,25,27). The van der Waals surface area contributed by atoms with E-state index in [1.54, 1.807) is 25.6 Å². The molecule has 0 spiro atoms. The van der Waals surface area contributed by atoms with Gasteiger partial charge in [0.1, 0.15) is 5.75 Å². The minimum absolute atomic E-state index is 0.230. The van der Waals surface area contributed by atoms with Crippen molar-refractivity contribution in [3.05, 3.63) is 42.2 Å². The number of amides is 1. The fraction of sp³-hybridized carbons (Fsp3) is 0.381. The van der Waals surface area contributed by atoms with Crippen molar-refractivity contribution in [3.8, 4) is 5.75 Å². The van der Waals surface area contributed by atoms with Crippen LogP contribution in [0.1, 0.15) is 30.1 Å². The number of hydrogen-bond acceptors (Lipinski definition) is 6. The number of carbonyl (C=O) groups is 1. The summed E-state index contributed by atoms with van der Waals surface area (Å²) >= 11 is 0. The SMILES string of the molecule is CCn1ncc2c(NC3CCOCC3)c(C(=O)Nc3cccc(OC)c3)cnc21. The highest BCUT2D eigenvalue weighted by Gasteiger charge is 2.22. The van der Waals surface area contributed by atoms with Crippen LogP contribution >= 0.6 is 0 Å². The molecule has 1 saturated heterocycles. The van der Waals surface area contributed by atoms with Crippen molar-refractivity contribution in [2.24, 2.45) is 0 Å². The maximum absolute atomic E-state index is 13.1. The number of nitrogens with one attached hydrogen (secondary N) is 2. The van der Waals surface area contributed by atoms with E-state index in [1.807, 2.05) is 29.8 Å². The van der Waals surface area contributed by atoms with E-state index in [0.29, 0.717) is 36.8 Å². The summed E-state index contributed by atoms with van der Waals surface area (Å²) in [5, 5.41) is 11.8. The molecule has 0 aliphatic carbocycles. The number of pyridine rings is 1. The molecule has 1 aliphatic rings. The van der Waals surface area contributed by atoms with E-state index in [-0.39, 0.29) is 11.9 Å². The zero-order chi connectivity index (χ0) is 20.2. The first kappa shape index (κ1) is 19.2. The topological polar surface area (TPSA) is 90.3 Å². The van der Waals surface area contributed by atoms with E-state index in [1.165, 1.54) is 0 Å². The molecule has 1 aromatic carbocycles. The number of methoxy groups -OCH3 is 1. The zero-order valence-electron chi connectivity index (χ0n) is 16.6. The van der Waals surface area contributed by atoms with Crippen molar-refractivity contribution in [1.82, 2.24) is 14.8 Å². The van der Waals surface area contributed by atoms with Gasteiger partial charge in [0.05, 0.1) is 29.9 Å². The molecule has 3 aromatic rings.